The fourth-order valence-corrected chi connectivity index (χ4v) is 1.07. The lowest BCUT2D eigenvalue weighted by atomic mass is 10.2. The molecule has 0 aliphatic carbocycles. The van der Waals surface area contributed by atoms with E-state index in [0.29, 0.717) is 11.6 Å². The molecule has 0 aliphatic rings. The molecule has 0 saturated heterocycles. The van der Waals surface area contributed by atoms with Gasteiger partial charge in [0.25, 0.3) is 0 Å². The van der Waals surface area contributed by atoms with Crippen LogP contribution in [-0.4, -0.2) is 12.6 Å². The normalized spacial score (nSPS) is 12.2. The topological polar surface area (TPSA) is 35.2 Å². The third-order valence-corrected chi connectivity index (χ3v) is 2.09. The summed E-state index contributed by atoms with van der Waals surface area (Å²) in [7, 11) is 0. The fraction of sp³-hybridized carbons (Fsp3) is 0.273. The van der Waals surface area contributed by atoms with Gasteiger partial charge in [0.2, 0.25) is 0 Å². The Morgan fingerprint density at radius 2 is 2.36 bits per heavy atom. The van der Waals surface area contributed by atoms with Crippen molar-refractivity contribution in [2.45, 2.75) is 13.0 Å². The molecule has 2 N–H and O–H groups in total. The van der Waals surface area contributed by atoms with E-state index in [1.807, 2.05) is 19.1 Å². The van der Waals surface area contributed by atoms with Crippen molar-refractivity contribution in [3.8, 4) is 5.75 Å². The Kier molecular flexibility index (Phi) is 3.98. The summed E-state index contributed by atoms with van der Waals surface area (Å²) in [6, 6.07) is 7.11. The molecular formula is C11H14ClNO. The quantitative estimate of drug-likeness (QED) is 0.778. The first kappa shape index (κ1) is 11.1. The molecule has 0 aliphatic heterocycles. The zero-order valence-electron chi connectivity index (χ0n) is 8.16. The number of hydrogen-bond donors (Lipinski definition) is 1. The summed E-state index contributed by atoms with van der Waals surface area (Å²) in [6.07, 6.45) is 0. The van der Waals surface area contributed by atoms with Gasteiger partial charge >= 0.3 is 0 Å². The lowest BCUT2D eigenvalue weighted by molar-refractivity contribution is 0.302. The van der Waals surface area contributed by atoms with E-state index in [9.17, 15) is 0 Å². The molecular weight excluding hydrogens is 198 g/mol. The van der Waals surface area contributed by atoms with Gasteiger partial charge in [0.05, 0.1) is 6.04 Å². The van der Waals surface area contributed by atoms with Crippen LogP contribution < -0.4 is 10.5 Å². The molecule has 0 saturated carbocycles. The third kappa shape index (κ3) is 3.40. The molecule has 0 spiro atoms. The number of hydrogen-bond acceptors (Lipinski definition) is 2. The summed E-state index contributed by atoms with van der Waals surface area (Å²) >= 11 is 5.79. The van der Waals surface area contributed by atoms with Crippen LogP contribution in [0, 0.1) is 0 Å². The second-order valence-electron chi connectivity index (χ2n) is 3.22. The summed E-state index contributed by atoms with van der Waals surface area (Å²) in [5.41, 5.74) is 6.65. The zero-order chi connectivity index (χ0) is 10.6. The van der Waals surface area contributed by atoms with Crippen molar-refractivity contribution in [3.05, 3.63) is 41.4 Å². The van der Waals surface area contributed by atoms with E-state index < -0.39 is 0 Å². The number of nitrogens with two attached hydrogens (primary N) is 1. The standard InChI is InChI=1S/C11H14ClNO/c1-8(2)11(13)7-14-10-5-3-4-9(12)6-10/h3-6,11H,1,7,13H2,2H3. The lowest BCUT2D eigenvalue weighted by Gasteiger charge is -2.12. The SMILES string of the molecule is C=C(C)C(N)COc1cccc(Cl)c1. The van der Waals surface area contributed by atoms with Gasteiger partial charge in [0.15, 0.2) is 0 Å². The monoisotopic (exact) mass is 211 g/mol. The van der Waals surface area contributed by atoms with Crippen molar-refractivity contribution in [1.82, 2.24) is 0 Å². The van der Waals surface area contributed by atoms with Crippen molar-refractivity contribution in [2.75, 3.05) is 6.61 Å². The number of benzene rings is 1. The predicted molar refractivity (Wildman–Crippen MR) is 59.7 cm³/mol. The fourth-order valence-electron chi connectivity index (χ4n) is 0.885. The molecule has 14 heavy (non-hydrogen) atoms. The van der Waals surface area contributed by atoms with Crippen molar-refractivity contribution in [2.24, 2.45) is 5.73 Å². The Bertz CT molecular complexity index is 325. The van der Waals surface area contributed by atoms with Crippen LogP contribution >= 0.6 is 11.6 Å². The van der Waals surface area contributed by atoms with E-state index >= 15 is 0 Å². The summed E-state index contributed by atoms with van der Waals surface area (Å²) < 4.78 is 5.44. The molecule has 76 valence electrons. The molecule has 3 heteroatoms. The first-order valence-electron chi connectivity index (χ1n) is 4.39. The van der Waals surface area contributed by atoms with E-state index in [1.54, 1.807) is 12.1 Å². The molecule has 1 rings (SSSR count). The number of rotatable bonds is 4. The van der Waals surface area contributed by atoms with Crippen LogP contribution in [0.4, 0.5) is 0 Å². The van der Waals surface area contributed by atoms with E-state index in [4.69, 9.17) is 22.1 Å². The van der Waals surface area contributed by atoms with Crippen LogP contribution in [0.25, 0.3) is 0 Å². The minimum absolute atomic E-state index is 0.131. The highest BCUT2D eigenvalue weighted by molar-refractivity contribution is 6.30. The Balaban J connectivity index is 2.49. The van der Waals surface area contributed by atoms with Crippen LogP contribution in [0.3, 0.4) is 0 Å². The first-order valence-corrected chi connectivity index (χ1v) is 4.76. The van der Waals surface area contributed by atoms with E-state index in [-0.39, 0.29) is 6.04 Å². The smallest absolute Gasteiger partial charge is 0.120 e. The number of halogens is 1. The maximum atomic E-state index is 5.79. The van der Waals surface area contributed by atoms with Crippen molar-refractivity contribution < 1.29 is 4.74 Å². The maximum absolute atomic E-state index is 5.79. The van der Waals surface area contributed by atoms with Gasteiger partial charge in [-0.15, -0.1) is 0 Å². The summed E-state index contributed by atoms with van der Waals surface area (Å²) in [4.78, 5) is 0. The molecule has 0 amide bonds. The molecule has 1 aromatic rings. The largest absolute Gasteiger partial charge is 0.492 e. The van der Waals surface area contributed by atoms with E-state index in [1.165, 1.54) is 0 Å². The van der Waals surface area contributed by atoms with Gasteiger partial charge in [-0.1, -0.05) is 29.8 Å². The van der Waals surface area contributed by atoms with Gasteiger partial charge in [-0.3, -0.25) is 0 Å². The van der Waals surface area contributed by atoms with Crippen molar-refractivity contribution in [3.63, 3.8) is 0 Å². The molecule has 2 nitrogen and oxygen atoms in total. The van der Waals surface area contributed by atoms with Gasteiger partial charge in [-0.25, -0.2) is 0 Å². The lowest BCUT2D eigenvalue weighted by Crippen LogP contribution is -2.28. The van der Waals surface area contributed by atoms with Crippen LogP contribution in [0.2, 0.25) is 5.02 Å². The van der Waals surface area contributed by atoms with Gasteiger partial charge in [0.1, 0.15) is 12.4 Å². The third-order valence-electron chi connectivity index (χ3n) is 1.86. The molecule has 1 unspecified atom stereocenters. The van der Waals surface area contributed by atoms with Gasteiger partial charge in [0, 0.05) is 5.02 Å². The highest BCUT2D eigenvalue weighted by atomic mass is 35.5. The molecule has 0 bridgehead atoms. The Hall–Kier alpha value is -0.990. The Labute approximate surface area is 89.3 Å². The second kappa shape index (κ2) is 5.03. The summed E-state index contributed by atoms with van der Waals surface area (Å²) in [5.74, 6) is 0.731. The highest BCUT2D eigenvalue weighted by Crippen LogP contribution is 2.17. The van der Waals surface area contributed by atoms with Crippen molar-refractivity contribution >= 4 is 11.6 Å². The highest BCUT2D eigenvalue weighted by Gasteiger charge is 2.03. The van der Waals surface area contributed by atoms with Gasteiger partial charge in [-0.2, -0.15) is 0 Å². The minimum Gasteiger partial charge on any atom is -0.492 e. The average Bonchev–Trinajstić information content (AvgIpc) is 2.14. The average molecular weight is 212 g/mol. The molecule has 0 radical (unpaired) electrons. The molecule has 0 fully saturated rings. The second-order valence-corrected chi connectivity index (χ2v) is 3.66. The number of ether oxygens (including phenoxy) is 1. The van der Waals surface area contributed by atoms with Crippen LogP contribution in [0.15, 0.2) is 36.4 Å². The van der Waals surface area contributed by atoms with E-state index in [2.05, 4.69) is 6.58 Å². The van der Waals surface area contributed by atoms with Crippen LogP contribution in [-0.2, 0) is 0 Å². The molecule has 1 atom stereocenters. The van der Waals surface area contributed by atoms with E-state index in [0.717, 1.165) is 11.3 Å². The molecule has 0 aromatic heterocycles. The molecule has 1 aromatic carbocycles. The molecule has 0 heterocycles. The van der Waals surface area contributed by atoms with Gasteiger partial charge in [-0.05, 0) is 25.1 Å². The zero-order valence-corrected chi connectivity index (χ0v) is 8.92. The predicted octanol–water partition coefficient (Wildman–Crippen LogP) is 2.62. The summed E-state index contributed by atoms with van der Waals surface area (Å²) in [5, 5.41) is 0.659. The Morgan fingerprint density at radius 3 is 2.93 bits per heavy atom. The first-order chi connectivity index (χ1) is 6.59. The van der Waals surface area contributed by atoms with Gasteiger partial charge < -0.3 is 10.5 Å². The van der Waals surface area contributed by atoms with Crippen LogP contribution in [0.1, 0.15) is 6.92 Å². The van der Waals surface area contributed by atoms with Crippen LogP contribution in [0.5, 0.6) is 5.75 Å². The minimum atomic E-state index is -0.131. The van der Waals surface area contributed by atoms with Crippen molar-refractivity contribution in [1.29, 1.82) is 0 Å². The summed E-state index contributed by atoms with van der Waals surface area (Å²) in [6.45, 7) is 6.06. The maximum Gasteiger partial charge on any atom is 0.120 e. The Morgan fingerprint density at radius 1 is 1.64 bits per heavy atom.